The molecule has 182 valence electrons. The van der Waals surface area contributed by atoms with Gasteiger partial charge in [-0.3, -0.25) is 4.79 Å². The lowest BCUT2D eigenvalue weighted by Crippen LogP contribution is -2.45. The molecule has 0 fully saturated rings. The molecular formula is C30H25Cl2NO3. The van der Waals surface area contributed by atoms with Gasteiger partial charge in [-0.1, -0.05) is 120 Å². The molecule has 0 bridgehead atoms. The van der Waals surface area contributed by atoms with Crippen molar-refractivity contribution in [3.8, 4) is 0 Å². The second-order valence-corrected chi connectivity index (χ2v) is 9.42. The summed E-state index contributed by atoms with van der Waals surface area (Å²) >= 11 is 12.2. The molecule has 0 saturated carbocycles. The van der Waals surface area contributed by atoms with Crippen LogP contribution in [-0.4, -0.2) is 23.0 Å². The van der Waals surface area contributed by atoms with E-state index < -0.39 is 17.4 Å². The van der Waals surface area contributed by atoms with Crippen LogP contribution in [0, 0.1) is 0 Å². The van der Waals surface area contributed by atoms with Crippen LogP contribution in [0.2, 0.25) is 10.0 Å². The maximum Gasteiger partial charge on any atom is 0.326 e. The fraction of sp³-hybridized carbons (Fsp3) is 0.133. The largest absolute Gasteiger partial charge is 0.480 e. The van der Waals surface area contributed by atoms with E-state index >= 15 is 0 Å². The fourth-order valence-electron chi connectivity index (χ4n) is 4.57. The number of hydrogen-bond acceptors (Lipinski definition) is 2. The lowest BCUT2D eigenvalue weighted by Gasteiger charge is -2.36. The van der Waals surface area contributed by atoms with E-state index in [9.17, 15) is 14.7 Å². The minimum atomic E-state index is -1.16. The van der Waals surface area contributed by atoms with Crippen LogP contribution >= 0.6 is 23.2 Å². The number of carboxylic acids is 1. The van der Waals surface area contributed by atoms with Gasteiger partial charge >= 0.3 is 5.97 Å². The number of carboxylic acid groups (broad SMARTS) is 1. The van der Waals surface area contributed by atoms with Crippen LogP contribution < -0.4 is 5.32 Å². The number of benzene rings is 4. The summed E-state index contributed by atoms with van der Waals surface area (Å²) in [5, 5.41) is 13.4. The van der Waals surface area contributed by atoms with Crippen LogP contribution in [-0.2, 0) is 21.4 Å². The SMILES string of the molecule is O=C(CC(c1ccccc1)(c1ccccc1)c1ccccc1)N[C@H](Cc1ccc(Cl)cc1Cl)C(=O)O. The number of carbonyl (C=O) groups excluding carboxylic acids is 1. The number of rotatable bonds is 9. The molecule has 4 aromatic rings. The van der Waals surface area contributed by atoms with Gasteiger partial charge in [0.2, 0.25) is 5.91 Å². The average Bonchev–Trinajstić information content (AvgIpc) is 2.90. The number of halogens is 2. The van der Waals surface area contributed by atoms with Gasteiger partial charge in [0.15, 0.2) is 0 Å². The highest BCUT2D eigenvalue weighted by Crippen LogP contribution is 2.42. The van der Waals surface area contributed by atoms with Gasteiger partial charge in [0.25, 0.3) is 0 Å². The van der Waals surface area contributed by atoms with Gasteiger partial charge in [0.1, 0.15) is 6.04 Å². The highest BCUT2D eigenvalue weighted by Gasteiger charge is 2.39. The number of amides is 1. The molecule has 0 radical (unpaired) electrons. The number of carbonyl (C=O) groups is 2. The molecule has 4 nitrogen and oxygen atoms in total. The van der Waals surface area contributed by atoms with E-state index in [2.05, 4.69) is 5.32 Å². The molecule has 1 amide bonds. The van der Waals surface area contributed by atoms with Crippen molar-refractivity contribution in [2.24, 2.45) is 0 Å². The van der Waals surface area contributed by atoms with Gasteiger partial charge < -0.3 is 10.4 Å². The van der Waals surface area contributed by atoms with E-state index in [1.807, 2.05) is 91.0 Å². The molecule has 0 aliphatic rings. The standard InChI is InChI=1S/C30H25Cl2NO3/c31-25-17-16-21(26(32)19-25)18-27(29(35)36)33-28(34)20-30(22-10-4-1-5-11-22,23-12-6-2-7-13-23)24-14-8-3-9-15-24/h1-17,19,27H,18,20H2,(H,33,34)(H,35,36)/t27-/m1/s1. The summed E-state index contributed by atoms with van der Waals surface area (Å²) < 4.78 is 0. The highest BCUT2D eigenvalue weighted by molar-refractivity contribution is 6.35. The Morgan fingerprint density at radius 3 is 1.64 bits per heavy atom. The molecule has 6 heteroatoms. The minimum absolute atomic E-state index is 0.0170. The molecular weight excluding hydrogens is 493 g/mol. The normalized spacial score (nSPS) is 12.1. The second-order valence-electron chi connectivity index (χ2n) is 8.58. The Hall–Kier alpha value is -3.60. The zero-order valence-corrected chi connectivity index (χ0v) is 20.9. The monoisotopic (exact) mass is 517 g/mol. The summed E-state index contributed by atoms with van der Waals surface area (Å²) in [6.45, 7) is 0. The lowest BCUT2D eigenvalue weighted by atomic mass is 9.67. The van der Waals surface area contributed by atoms with Crippen molar-refractivity contribution in [2.75, 3.05) is 0 Å². The zero-order chi connectivity index (χ0) is 25.5. The third-order valence-electron chi connectivity index (χ3n) is 6.30. The quantitative estimate of drug-likeness (QED) is 0.248. The van der Waals surface area contributed by atoms with Crippen molar-refractivity contribution >= 4 is 35.1 Å². The van der Waals surface area contributed by atoms with Crippen LogP contribution in [0.4, 0.5) is 0 Å². The summed E-state index contributed by atoms with van der Waals surface area (Å²) in [5.41, 5.74) is 2.57. The predicted octanol–water partition coefficient (Wildman–Crippen LogP) is 6.53. The first-order valence-corrected chi connectivity index (χ1v) is 12.3. The van der Waals surface area contributed by atoms with Crippen molar-refractivity contribution in [3.05, 3.63) is 141 Å². The van der Waals surface area contributed by atoms with Crippen LogP contribution in [0.5, 0.6) is 0 Å². The number of nitrogens with one attached hydrogen (secondary N) is 1. The van der Waals surface area contributed by atoms with Crippen molar-refractivity contribution in [1.29, 1.82) is 0 Å². The Labute approximate surface area is 220 Å². The molecule has 4 rings (SSSR count). The maximum atomic E-state index is 13.6. The maximum absolute atomic E-state index is 13.6. The first kappa shape index (κ1) is 25.5. The first-order valence-electron chi connectivity index (χ1n) is 11.5. The van der Waals surface area contributed by atoms with E-state index in [0.717, 1.165) is 16.7 Å². The number of aliphatic carboxylic acids is 1. The predicted molar refractivity (Wildman–Crippen MR) is 144 cm³/mol. The molecule has 0 unspecified atom stereocenters. The van der Waals surface area contributed by atoms with Gasteiger partial charge in [-0.15, -0.1) is 0 Å². The van der Waals surface area contributed by atoms with Crippen molar-refractivity contribution < 1.29 is 14.7 Å². The summed E-state index contributed by atoms with van der Waals surface area (Å²) in [4.78, 5) is 25.7. The summed E-state index contributed by atoms with van der Waals surface area (Å²) in [6.07, 6.45) is 0.0508. The third-order valence-corrected chi connectivity index (χ3v) is 6.88. The zero-order valence-electron chi connectivity index (χ0n) is 19.4. The minimum Gasteiger partial charge on any atom is -0.480 e. The Morgan fingerprint density at radius 1 is 0.750 bits per heavy atom. The van der Waals surface area contributed by atoms with E-state index in [1.165, 1.54) is 0 Å². The molecule has 0 aliphatic carbocycles. The molecule has 2 N–H and O–H groups in total. The third kappa shape index (κ3) is 5.62. The Kier molecular flexibility index (Phi) is 8.09. The summed E-state index contributed by atoms with van der Waals surface area (Å²) in [5.74, 6) is -1.52. The highest BCUT2D eigenvalue weighted by atomic mass is 35.5. The first-order chi connectivity index (χ1) is 17.4. The Bertz CT molecular complexity index is 1230. The van der Waals surface area contributed by atoms with E-state index in [1.54, 1.807) is 18.2 Å². The topological polar surface area (TPSA) is 66.4 Å². The van der Waals surface area contributed by atoms with Crippen LogP contribution in [0.3, 0.4) is 0 Å². The fourth-order valence-corrected chi connectivity index (χ4v) is 5.05. The van der Waals surface area contributed by atoms with Crippen LogP contribution in [0.25, 0.3) is 0 Å². The smallest absolute Gasteiger partial charge is 0.326 e. The molecule has 0 aliphatic heterocycles. The molecule has 0 spiro atoms. The van der Waals surface area contributed by atoms with Crippen molar-refractivity contribution in [3.63, 3.8) is 0 Å². The van der Waals surface area contributed by atoms with Gasteiger partial charge in [-0.25, -0.2) is 4.79 Å². The molecule has 4 aromatic carbocycles. The molecule has 0 aromatic heterocycles. The molecule has 1 atom stereocenters. The van der Waals surface area contributed by atoms with Crippen molar-refractivity contribution in [1.82, 2.24) is 5.32 Å². The van der Waals surface area contributed by atoms with Gasteiger partial charge in [-0.2, -0.15) is 0 Å². The molecule has 0 saturated heterocycles. The van der Waals surface area contributed by atoms with E-state index in [0.29, 0.717) is 15.6 Å². The van der Waals surface area contributed by atoms with Crippen LogP contribution in [0.1, 0.15) is 28.7 Å². The Morgan fingerprint density at radius 2 is 1.22 bits per heavy atom. The summed E-state index contributed by atoms with van der Waals surface area (Å²) in [6, 6.07) is 33.1. The average molecular weight is 518 g/mol. The molecule has 36 heavy (non-hydrogen) atoms. The van der Waals surface area contributed by atoms with E-state index in [4.69, 9.17) is 23.2 Å². The van der Waals surface area contributed by atoms with E-state index in [-0.39, 0.29) is 18.7 Å². The summed E-state index contributed by atoms with van der Waals surface area (Å²) in [7, 11) is 0. The van der Waals surface area contributed by atoms with Gasteiger partial charge in [-0.05, 0) is 34.4 Å². The van der Waals surface area contributed by atoms with Gasteiger partial charge in [0.05, 0.1) is 5.41 Å². The van der Waals surface area contributed by atoms with Crippen LogP contribution in [0.15, 0.2) is 109 Å². The van der Waals surface area contributed by atoms with Crippen molar-refractivity contribution in [2.45, 2.75) is 24.3 Å². The Balaban J connectivity index is 1.72. The molecule has 0 heterocycles. The second kappa shape index (κ2) is 11.4. The lowest BCUT2D eigenvalue weighted by molar-refractivity contribution is -0.141. The number of hydrogen-bond donors (Lipinski definition) is 2. The van der Waals surface area contributed by atoms with Gasteiger partial charge in [0, 0.05) is 22.9 Å².